The van der Waals surface area contributed by atoms with E-state index in [2.05, 4.69) is 46.4 Å². The van der Waals surface area contributed by atoms with E-state index in [1.165, 1.54) is 4.57 Å². The molecular formula is C19H15BrN8O. The standard InChI is InChI=1S/C19H15BrN8O/c1-3-14-21-19(25-22-14)27-9-8-13-16(18(27)29)23-24-17-15(10(2)26-28(13)17)11-4-6-12(20)7-5-11/h4-9H,3H2,1-2H3,(H,21,22,25). The Bertz CT molecular complexity index is 1430. The van der Waals surface area contributed by atoms with Gasteiger partial charge in [0.05, 0.1) is 11.3 Å². The molecule has 5 aromatic rings. The lowest BCUT2D eigenvalue weighted by Crippen LogP contribution is -2.21. The molecule has 0 aliphatic heterocycles. The highest BCUT2D eigenvalue weighted by Gasteiger charge is 2.18. The van der Waals surface area contributed by atoms with E-state index >= 15 is 0 Å². The summed E-state index contributed by atoms with van der Waals surface area (Å²) in [5.74, 6) is 0.984. The zero-order chi connectivity index (χ0) is 20.1. The van der Waals surface area contributed by atoms with Gasteiger partial charge < -0.3 is 0 Å². The van der Waals surface area contributed by atoms with Crippen molar-refractivity contribution in [1.82, 2.24) is 39.6 Å². The number of benzene rings is 1. The largest absolute Gasteiger partial charge is 0.287 e. The van der Waals surface area contributed by atoms with Crippen LogP contribution >= 0.6 is 15.9 Å². The Morgan fingerprint density at radius 3 is 2.66 bits per heavy atom. The maximum atomic E-state index is 13.0. The number of halogens is 1. The van der Waals surface area contributed by atoms with Crippen molar-refractivity contribution in [2.75, 3.05) is 0 Å². The highest BCUT2D eigenvalue weighted by molar-refractivity contribution is 9.10. The van der Waals surface area contributed by atoms with Crippen LogP contribution in [0.3, 0.4) is 0 Å². The summed E-state index contributed by atoms with van der Waals surface area (Å²) < 4.78 is 4.01. The van der Waals surface area contributed by atoms with Gasteiger partial charge in [-0.15, -0.1) is 15.3 Å². The van der Waals surface area contributed by atoms with Gasteiger partial charge in [-0.25, -0.2) is 9.08 Å². The Morgan fingerprint density at radius 2 is 1.93 bits per heavy atom. The number of H-pyrrole nitrogens is 1. The monoisotopic (exact) mass is 450 g/mol. The zero-order valence-electron chi connectivity index (χ0n) is 15.6. The molecule has 1 aromatic carbocycles. The van der Waals surface area contributed by atoms with Crippen molar-refractivity contribution in [2.45, 2.75) is 20.3 Å². The van der Waals surface area contributed by atoms with Crippen molar-refractivity contribution in [3.05, 3.63) is 62.9 Å². The van der Waals surface area contributed by atoms with Gasteiger partial charge in [0.25, 0.3) is 11.5 Å². The number of hydrogen-bond donors (Lipinski definition) is 1. The topological polar surface area (TPSA) is 107 Å². The lowest BCUT2D eigenvalue weighted by Gasteiger charge is -2.04. The van der Waals surface area contributed by atoms with Crippen LogP contribution in [0, 0.1) is 6.92 Å². The third-order valence-corrected chi connectivity index (χ3v) is 5.29. The molecule has 0 saturated carbocycles. The van der Waals surface area contributed by atoms with Crippen LogP contribution in [0.2, 0.25) is 0 Å². The minimum Gasteiger partial charge on any atom is -0.266 e. The van der Waals surface area contributed by atoms with Crippen LogP contribution in [0.4, 0.5) is 0 Å². The third-order valence-electron chi connectivity index (χ3n) is 4.76. The summed E-state index contributed by atoms with van der Waals surface area (Å²) in [6, 6.07) is 9.69. The summed E-state index contributed by atoms with van der Waals surface area (Å²) in [4.78, 5) is 17.3. The van der Waals surface area contributed by atoms with Gasteiger partial charge in [0.1, 0.15) is 11.3 Å². The molecule has 0 bridgehead atoms. The fourth-order valence-corrected chi connectivity index (χ4v) is 3.58. The second-order valence-electron chi connectivity index (χ2n) is 6.56. The van der Waals surface area contributed by atoms with Crippen LogP contribution in [-0.4, -0.2) is 39.6 Å². The Morgan fingerprint density at radius 1 is 1.14 bits per heavy atom. The first-order chi connectivity index (χ1) is 14.1. The molecule has 29 heavy (non-hydrogen) atoms. The molecule has 1 N–H and O–H groups in total. The molecule has 0 spiro atoms. The lowest BCUT2D eigenvalue weighted by molar-refractivity contribution is 0.874. The highest BCUT2D eigenvalue weighted by atomic mass is 79.9. The Labute approximate surface area is 172 Å². The summed E-state index contributed by atoms with van der Waals surface area (Å²) in [6.07, 6.45) is 2.33. The Kier molecular flexibility index (Phi) is 4.02. The van der Waals surface area contributed by atoms with Crippen LogP contribution in [0.15, 0.2) is 45.8 Å². The summed E-state index contributed by atoms with van der Waals surface area (Å²) in [7, 11) is 0. The lowest BCUT2D eigenvalue weighted by atomic mass is 10.1. The maximum absolute atomic E-state index is 13.0. The van der Waals surface area contributed by atoms with Crippen LogP contribution in [0.25, 0.3) is 33.8 Å². The average Bonchev–Trinajstić information content (AvgIpc) is 3.33. The SMILES string of the molecule is CCc1nc(-n2ccc3c(nnc4c(-c5ccc(Br)cc5)c(C)nn43)c2=O)n[nH]1. The average molecular weight is 451 g/mol. The number of nitrogens with zero attached hydrogens (tertiary/aromatic N) is 7. The molecule has 0 amide bonds. The van der Waals surface area contributed by atoms with E-state index in [9.17, 15) is 4.79 Å². The fourth-order valence-electron chi connectivity index (χ4n) is 3.32. The minimum absolute atomic E-state index is 0.202. The molecule has 0 aliphatic rings. The van der Waals surface area contributed by atoms with Crippen molar-refractivity contribution in [1.29, 1.82) is 0 Å². The van der Waals surface area contributed by atoms with E-state index in [4.69, 9.17) is 0 Å². The second kappa shape index (κ2) is 6.59. The van der Waals surface area contributed by atoms with Crippen molar-refractivity contribution in [3.8, 4) is 17.1 Å². The zero-order valence-corrected chi connectivity index (χ0v) is 17.2. The summed E-state index contributed by atoms with van der Waals surface area (Å²) >= 11 is 3.45. The normalized spacial score (nSPS) is 11.6. The van der Waals surface area contributed by atoms with Crippen LogP contribution in [0.1, 0.15) is 18.4 Å². The van der Waals surface area contributed by atoms with Gasteiger partial charge in [-0.1, -0.05) is 35.0 Å². The van der Waals surface area contributed by atoms with Crippen molar-refractivity contribution < 1.29 is 0 Å². The molecule has 144 valence electrons. The summed E-state index contributed by atoms with van der Waals surface area (Å²) in [5, 5.41) is 20.1. The third kappa shape index (κ3) is 2.75. The molecule has 9 nitrogen and oxygen atoms in total. The Hall–Kier alpha value is -3.40. The molecule has 10 heteroatoms. The van der Waals surface area contributed by atoms with E-state index in [-0.39, 0.29) is 17.0 Å². The van der Waals surface area contributed by atoms with Crippen LogP contribution < -0.4 is 5.56 Å². The molecule has 0 saturated heterocycles. The van der Waals surface area contributed by atoms with Gasteiger partial charge in [0, 0.05) is 17.1 Å². The summed E-state index contributed by atoms with van der Waals surface area (Å²) in [5.41, 5.74) is 3.70. The number of aromatic amines is 1. The molecule has 0 atom stereocenters. The van der Waals surface area contributed by atoms with E-state index in [1.807, 2.05) is 38.1 Å². The second-order valence-corrected chi connectivity index (χ2v) is 7.48. The number of fused-ring (bicyclic) bond motifs is 3. The minimum atomic E-state index is -0.350. The molecule has 4 heterocycles. The predicted molar refractivity (Wildman–Crippen MR) is 111 cm³/mol. The van der Waals surface area contributed by atoms with Gasteiger partial charge in [-0.3, -0.25) is 9.89 Å². The van der Waals surface area contributed by atoms with Gasteiger partial charge in [0.2, 0.25) is 0 Å². The number of nitrogens with one attached hydrogen (secondary N) is 1. The van der Waals surface area contributed by atoms with Crippen LogP contribution in [-0.2, 0) is 6.42 Å². The number of pyridine rings is 1. The Balaban J connectivity index is 1.74. The molecule has 0 unspecified atom stereocenters. The molecule has 0 radical (unpaired) electrons. The quantitative estimate of drug-likeness (QED) is 0.452. The number of rotatable bonds is 3. The molecular weight excluding hydrogens is 436 g/mol. The van der Waals surface area contributed by atoms with Crippen molar-refractivity contribution in [3.63, 3.8) is 0 Å². The van der Waals surface area contributed by atoms with Gasteiger partial charge >= 0.3 is 0 Å². The first-order valence-electron chi connectivity index (χ1n) is 9.02. The first-order valence-corrected chi connectivity index (χ1v) is 9.81. The van der Waals surface area contributed by atoms with E-state index < -0.39 is 0 Å². The van der Waals surface area contributed by atoms with Gasteiger partial charge in [-0.2, -0.15) is 10.1 Å². The molecule has 4 aromatic heterocycles. The maximum Gasteiger partial charge on any atom is 0.287 e. The molecule has 0 aliphatic carbocycles. The number of aromatic nitrogens is 8. The summed E-state index contributed by atoms with van der Waals surface area (Å²) in [6.45, 7) is 3.87. The van der Waals surface area contributed by atoms with E-state index in [1.54, 1.807) is 16.8 Å². The smallest absolute Gasteiger partial charge is 0.266 e. The number of hydrogen-bond acceptors (Lipinski definition) is 6. The van der Waals surface area contributed by atoms with E-state index in [0.717, 1.165) is 21.3 Å². The van der Waals surface area contributed by atoms with Crippen molar-refractivity contribution >= 4 is 32.6 Å². The molecule has 5 rings (SSSR count). The van der Waals surface area contributed by atoms with E-state index in [0.29, 0.717) is 23.4 Å². The predicted octanol–water partition coefficient (Wildman–Crippen LogP) is 2.85. The fraction of sp³-hybridized carbons (Fsp3) is 0.158. The molecule has 0 fully saturated rings. The van der Waals surface area contributed by atoms with Gasteiger partial charge in [0.15, 0.2) is 11.2 Å². The highest BCUT2D eigenvalue weighted by Crippen LogP contribution is 2.29. The first kappa shape index (κ1) is 17.7. The van der Waals surface area contributed by atoms with Crippen LogP contribution in [0.5, 0.6) is 0 Å². The van der Waals surface area contributed by atoms with Gasteiger partial charge in [-0.05, 0) is 30.7 Å². The number of aryl methyl sites for hydroxylation is 2. The van der Waals surface area contributed by atoms with Crippen molar-refractivity contribution in [2.24, 2.45) is 0 Å².